The summed E-state index contributed by atoms with van der Waals surface area (Å²) in [5.74, 6) is 1.79. The van der Waals surface area contributed by atoms with Crippen LogP contribution in [0, 0.1) is 0 Å². The Hall–Kier alpha value is -0.590. The van der Waals surface area contributed by atoms with Crippen LogP contribution in [0.5, 0.6) is 0 Å². The standard InChI is InChI=1S/C13H12BrClN4S/c14-10-5-8(15)6-16-12(10)20-13-18-17-11(7-1-2-7)19(13)9-3-4-9/h5-7,9H,1-4H2. The van der Waals surface area contributed by atoms with Gasteiger partial charge in [-0.15, -0.1) is 10.2 Å². The van der Waals surface area contributed by atoms with E-state index in [1.165, 1.54) is 31.5 Å². The number of aromatic nitrogens is 4. The minimum absolute atomic E-state index is 0.592. The molecule has 2 heterocycles. The summed E-state index contributed by atoms with van der Waals surface area (Å²) in [6.45, 7) is 0. The van der Waals surface area contributed by atoms with E-state index in [1.807, 2.05) is 6.07 Å². The molecule has 2 aromatic rings. The van der Waals surface area contributed by atoms with Gasteiger partial charge in [-0.05, 0) is 59.4 Å². The summed E-state index contributed by atoms with van der Waals surface area (Å²) in [5.41, 5.74) is 0. The lowest BCUT2D eigenvalue weighted by Gasteiger charge is -2.08. The lowest BCUT2D eigenvalue weighted by atomic mass is 10.4. The van der Waals surface area contributed by atoms with Crippen LogP contribution < -0.4 is 0 Å². The first kappa shape index (κ1) is 13.1. The first-order valence-electron chi connectivity index (χ1n) is 6.66. The van der Waals surface area contributed by atoms with Crippen LogP contribution in [0.4, 0.5) is 0 Å². The molecule has 20 heavy (non-hydrogen) atoms. The average Bonchev–Trinajstić information content (AvgIpc) is 3.31. The summed E-state index contributed by atoms with van der Waals surface area (Å²) in [4.78, 5) is 4.37. The number of hydrogen-bond donors (Lipinski definition) is 0. The van der Waals surface area contributed by atoms with Gasteiger partial charge in [0.2, 0.25) is 0 Å². The van der Waals surface area contributed by atoms with E-state index < -0.39 is 0 Å². The Morgan fingerprint density at radius 1 is 1.25 bits per heavy atom. The summed E-state index contributed by atoms with van der Waals surface area (Å²) in [5, 5.41) is 11.2. The zero-order valence-electron chi connectivity index (χ0n) is 10.6. The Labute approximate surface area is 134 Å². The van der Waals surface area contributed by atoms with Crippen molar-refractivity contribution in [3.8, 4) is 0 Å². The predicted molar refractivity (Wildman–Crippen MR) is 81.3 cm³/mol. The Bertz CT molecular complexity index is 666. The van der Waals surface area contributed by atoms with Crippen molar-refractivity contribution in [2.45, 2.75) is 47.8 Å². The maximum Gasteiger partial charge on any atom is 0.197 e. The molecule has 2 aliphatic carbocycles. The van der Waals surface area contributed by atoms with Gasteiger partial charge in [-0.1, -0.05) is 11.6 Å². The molecule has 2 fully saturated rings. The molecule has 0 spiro atoms. The van der Waals surface area contributed by atoms with E-state index in [4.69, 9.17) is 11.6 Å². The summed E-state index contributed by atoms with van der Waals surface area (Å²) >= 11 is 11.0. The van der Waals surface area contributed by atoms with Gasteiger partial charge in [0, 0.05) is 18.2 Å². The average molecular weight is 372 g/mol. The van der Waals surface area contributed by atoms with Crippen molar-refractivity contribution >= 4 is 39.3 Å². The Balaban J connectivity index is 1.68. The highest BCUT2D eigenvalue weighted by molar-refractivity contribution is 9.10. The van der Waals surface area contributed by atoms with E-state index in [9.17, 15) is 0 Å². The highest BCUT2D eigenvalue weighted by Crippen LogP contribution is 2.47. The van der Waals surface area contributed by atoms with Gasteiger partial charge >= 0.3 is 0 Å². The van der Waals surface area contributed by atoms with Gasteiger partial charge in [0.1, 0.15) is 10.9 Å². The normalized spacial score (nSPS) is 18.5. The quantitative estimate of drug-likeness (QED) is 0.796. The number of rotatable bonds is 4. The molecular formula is C13H12BrClN4S. The van der Waals surface area contributed by atoms with Crippen LogP contribution in [0.3, 0.4) is 0 Å². The summed E-state index contributed by atoms with van der Waals surface area (Å²) in [6.07, 6.45) is 6.63. The third kappa shape index (κ3) is 2.49. The molecule has 2 saturated carbocycles. The molecule has 2 aromatic heterocycles. The fourth-order valence-electron chi connectivity index (χ4n) is 2.22. The van der Waals surface area contributed by atoms with Gasteiger partial charge in [-0.25, -0.2) is 4.98 Å². The maximum absolute atomic E-state index is 5.93. The van der Waals surface area contributed by atoms with E-state index in [1.54, 1.807) is 18.0 Å². The lowest BCUT2D eigenvalue weighted by Crippen LogP contribution is -2.02. The Kier molecular flexibility index (Phi) is 3.27. The second-order valence-corrected chi connectivity index (χ2v) is 7.51. The van der Waals surface area contributed by atoms with Crippen molar-refractivity contribution in [1.82, 2.24) is 19.7 Å². The minimum Gasteiger partial charge on any atom is -0.302 e. The molecule has 2 aliphatic rings. The molecule has 0 aliphatic heterocycles. The summed E-state index contributed by atoms with van der Waals surface area (Å²) < 4.78 is 3.22. The molecule has 0 saturated heterocycles. The Morgan fingerprint density at radius 2 is 2.05 bits per heavy atom. The van der Waals surface area contributed by atoms with E-state index in [0.717, 1.165) is 14.7 Å². The van der Waals surface area contributed by atoms with Gasteiger partial charge in [0.05, 0.1) is 9.50 Å². The van der Waals surface area contributed by atoms with Crippen molar-refractivity contribution < 1.29 is 0 Å². The van der Waals surface area contributed by atoms with Gasteiger partial charge in [0.15, 0.2) is 5.16 Å². The van der Waals surface area contributed by atoms with Gasteiger partial charge < -0.3 is 4.57 Å². The fraction of sp³-hybridized carbons (Fsp3) is 0.462. The predicted octanol–water partition coefficient (Wildman–Crippen LogP) is 4.45. The monoisotopic (exact) mass is 370 g/mol. The van der Waals surface area contributed by atoms with Crippen molar-refractivity contribution in [1.29, 1.82) is 0 Å². The second kappa shape index (κ2) is 5.00. The van der Waals surface area contributed by atoms with E-state index in [-0.39, 0.29) is 0 Å². The van der Waals surface area contributed by atoms with Crippen LogP contribution in [-0.2, 0) is 0 Å². The molecule has 0 amide bonds. The molecular weight excluding hydrogens is 360 g/mol. The zero-order chi connectivity index (χ0) is 13.7. The largest absolute Gasteiger partial charge is 0.302 e. The van der Waals surface area contributed by atoms with E-state index >= 15 is 0 Å². The number of halogens is 2. The van der Waals surface area contributed by atoms with Gasteiger partial charge in [-0.2, -0.15) is 0 Å². The van der Waals surface area contributed by atoms with Gasteiger partial charge in [0.25, 0.3) is 0 Å². The molecule has 0 unspecified atom stereocenters. The number of nitrogens with zero attached hydrogens (tertiary/aromatic N) is 4. The Morgan fingerprint density at radius 3 is 2.70 bits per heavy atom. The van der Waals surface area contributed by atoms with Crippen LogP contribution in [0.2, 0.25) is 5.02 Å². The van der Waals surface area contributed by atoms with Crippen LogP contribution in [-0.4, -0.2) is 19.7 Å². The third-order valence-corrected chi connectivity index (χ3v) is 5.56. The lowest BCUT2D eigenvalue weighted by molar-refractivity contribution is 0.626. The molecule has 0 aromatic carbocycles. The highest BCUT2D eigenvalue weighted by atomic mass is 79.9. The second-order valence-electron chi connectivity index (χ2n) is 5.26. The molecule has 0 bridgehead atoms. The van der Waals surface area contributed by atoms with E-state index in [2.05, 4.69) is 35.7 Å². The first-order chi connectivity index (χ1) is 9.72. The van der Waals surface area contributed by atoms with Crippen molar-refractivity contribution in [2.75, 3.05) is 0 Å². The molecule has 7 heteroatoms. The smallest absolute Gasteiger partial charge is 0.197 e. The highest BCUT2D eigenvalue weighted by Gasteiger charge is 2.36. The summed E-state index contributed by atoms with van der Waals surface area (Å²) in [7, 11) is 0. The van der Waals surface area contributed by atoms with Crippen LogP contribution in [0.25, 0.3) is 0 Å². The van der Waals surface area contributed by atoms with Crippen molar-refractivity contribution in [3.63, 3.8) is 0 Å². The van der Waals surface area contributed by atoms with Crippen LogP contribution in [0.1, 0.15) is 43.5 Å². The number of hydrogen-bond acceptors (Lipinski definition) is 4. The van der Waals surface area contributed by atoms with Gasteiger partial charge in [-0.3, -0.25) is 0 Å². The SMILES string of the molecule is Clc1cnc(Sc2nnc(C3CC3)n2C2CC2)c(Br)c1. The molecule has 4 nitrogen and oxygen atoms in total. The number of pyridine rings is 1. The van der Waals surface area contributed by atoms with Crippen LogP contribution in [0.15, 0.2) is 26.9 Å². The van der Waals surface area contributed by atoms with Crippen LogP contribution >= 0.6 is 39.3 Å². The third-order valence-electron chi connectivity index (χ3n) is 3.51. The topological polar surface area (TPSA) is 43.6 Å². The maximum atomic E-state index is 5.93. The summed E-state index contributed by atoms with van der Waals surface area (Å²) in [6, 6.07) is 2.45. The zero-order valence-corrected chi connectivity index (χ0v) is 13.7. The van der Waals surface area contributed by atoms with Crippen molar-refractivity contribution in [3.05, 3.63) is 27.6 Å². The van der Waals surface area contributed by atoms with Crippen molar-refractivity contribution in [2.24, 2.45) is 0 Å². The molecule has 4 rings (SSSR count). The molecule has 0 atom stereocenters. The molecule has 0 radical (unpaired) electrons. The first-order valence-corrected chi connectivity index (χ1v) is 8.65. The fourth-order valence-corrected chi connectivity index (χ4v) is 3.96. The van der Waals surface area contributed by atoms with E-state index in [0.29, 0.717) is 17.0 Å². The minimum atomic E-state index is 0.592. The molecule has 104 valence electrons. The molecule has 0 N–H and O–H groups in total.